The van der Waals surface area contributed by atoms with E-state index in [1.807, 2.05) is 0 Å². The first-order valence-electron chi connectivity index (χ1n) is 15.8. The second-order valence-electron chi connectivity index (χ2n) is 11.1. The van der Waals surface area contributed by atoms with Crippen LogP contribution in [0.5, 0.6) is 0 Å². The van der Waals surface area contributed by atoms with E-state index < -0.39 is 32.3 Å². The summed E-state index contributed by atoms with van der Waals surface area (Å²) < 4.78 is 35.7. The highest BCUT2D eigenvalue weighted by molar-refractivity contribution is 7.51. The van der Waals surface area contributed by atoms with Gasteiger partial charge in [-0.15, -0.1) is 0 Å². The molecule has 0 fully saturated rings. The van der Waals surface area contributed by atoms with Gasteiger partial charge in [0.1, 0.15) is 19.1 Å². The minimum atomic E-state index is -4.46. The number of ether oxygens (including phenoxy) is 2. The molecule has 0 amide bonds. The lowest BCUT2D eigenvalue weighted by atomic mass is 10.0. The molecule has 0 aliphatic carbocycles. The predicted octanol–water partition coefficient (Wildman–Crippen LogP) is 6.22. The van der Waals surface area contributed by atoms with Gasteiger partial charge >= 0.3 is 7.60 Å². The van der Waals surface area contributed by atoms with Gasteiger partial charge in [0.2, 0.25) is 5.95 Å². The van der Waals surface area contributed by atoms with E-state index in [-0.39, 0.29) is 30.2 Å². The number of H-pyrrole nitrogens is 2. The molecule has 42 heavy (non-hydrogen) atoms. The average Bonchev–Trinajstić information content (AvgIpc) is 3.44. The van der Waals surface area contributed by atoms with E-state index in [0.717, 1.165) is 12.8 Å². The minimum Gasteiger partial charge on any atom is -0.380 e. The predicted molar refractivity (Wildman–Crippen MR) is 165 cm³/mol. The van der Waals surface area contributed by atoms with Crippen molar-refractivity contribution in [2.75, 3.05) is 44.2 Å². The maximum Gasteiger partial charge on any atom is 0.350 e. The molecule has 0 radical (unpaired) electrons. The van der Waals surface area contributed by atoms with E-state index in [1.165, 1.54) is 96.2 Å². The molecule has 1 atom stereocenters. The number of fused-ring (bicyclic) bond motifs is 1. The zero-order chi connectivity index (χ0) is 30.5. The molecule has 0 aromatic carbocycles. The summed E-state index contributed by atoms with van der Waals surface area (Å²) >= 11 is 0. The fourth-order valence-electron chi connectivity index (χ4n) is 4.89. The second kappa shape index (κ2) is 21.8. The average molecular weight is 618 g/mol. The smallest absolute Gasteiger partial charge is 0.350 e. The van der Waals surface area contributed by atoms with Gasteiger partial charge in [-0.2, -0.15) is 4.98 Å². The molecule has 242 valence electrons. The number of hydrogen-bond acceptors (Lipinski definition) is 7. The van der Waals surface area contributed by atoms with Gasteiger partial charge in [0, 0.05) is 19.7 Å². The molecule has 2 aromatic rings. The highest BCUT2D eigenvalue weighted by atomic mass is 31.2. The van der Waals surface area contributed by atoms with Crippen LogP contribution in [-0.2, 0) is 14.0 Å². The largest absolute Gasteiger partial charge is 0.380 e. The molecule has 2 heterocycles. The lowest BCUT2D eigenvalue weighted by Gasteiger charge is -2.27. The summed E-state index contributed by atoms with van der Waals surface area (Å²) in [4.78, 5) is 45.9. The summed E-state index contributed by atoms with van der Waals surface area (Å²) in [5.74, 6) is 0.156. The van der Waals surface area contributed by atoms with Crippen LogP contribution in [0.4, 0.5) is 10.3 Å². The number of nitrogens with one attached hydrogen (secondary N) is 2. The topological polar surface area (TPSA) is 154 Å². The molecular weight excluding hydrogens is 564 g/mol. The molecule has 0 saturated carbocycles. The number of aromatic nitrogens is 4. The molecular formula is C29H53FN5O6P. The first-order chi connectivity index (χ1) is 20.3. The fraction of sp³-hybridized carbons (Fsp3) is 0.828. The summed E-state index contributed by atoms with van der Waals surface area (Å²) in [6.45, 7) is 2.38. The zero-order valence-electron chi connectivity index (χ0n) is 25.4. The number of hydrogen-bond donors (Lipinski definition) is 4. The monoisotopic (exact) mass is 617 g/mol. The molecule has 2 aromatic heterocycles. The Morgan fingerprint density at radius 3 is 2.05 bits per heavy atom. The Morgan fingerprint density at radius 2 is 1.50 bits per heavy atom. The zero-order valence-corrected chi connectivity index (χ0v) is 26.3. The Bertz CT molecular complexity index is 1060. The molecule has 0 aliphatic heterocycles. The summed E-state index contributed by atoms with van der Waals surface area (Å²) in [6.07, 6.45) is 20.2. The van der Waals surface area contributed by atoms with E-state index in [4.69, 9.17) is 19.3 Å². The van der Waals surface area contributed by atoms with E-state index in [0.29, 0.717) is 13.2 Å². The number of aromatic amines is 2. The molecule has 0 spiro atoms. The molecule has 11 nitrogen and oxygen atoms in total. The second-order valence-corrected chi connectivity index (χ2v) is 12.7. The SMILES string of the molecule is CCCCCCCCCCCCCCCCCCOCCN(C[C@@H](CF)OCP(=O)(O)O)c1nc2nc[nH]c2c(=O)[nH]1. The number of imidazole rings is 1. The Labute approximate surface area is 249 Å². The van der Waals surface area contributed by atoms with Crippen LogP contribution in [0.3, 0.4) is 0 Å². The Balaban J connectivity index is 1.61. The van der Waals surface area contributed by atoms with E-state index in [1.54, 1.807) is 4.90 Å². The maximum absolute atomic E-state index is 13.6. The summed E-state index contributed by atoms with van der Waals surface area (Å²) in [5.41, 5.74) is -0.00136. The highest BCUT2D eigenvalue weighted by Crippen LogP contribution is 2.34. The third kappa shape index (κ3) is 16.1. The summed E-state index contributed by atoms with van der Waals surface area (Å²) in [6, 6.07) is 0. The van der Waals surface area contributed by atoms with E-state index in [9.17, 15) is 13.8 Å². The number of anilines is 1. The van der Waals surface area contributed by atoms with Crippen LogP contribution >= 0.6 is 7.60 Å². The van der Waals surface area contributed by atoms with Crippen molar-refractivity contribution in [2.24, 2.45) is 0 Å². The number of nitrogens with zero attached hydrogens (tertiary/aromatic N) is 3. The standard InChI is InChI=1S/C29H53FN5O6P/c1-2-3-4-5-6-7-8-9-10-11-12-13-14-15-16-17-19-40-20-18-35(22-25(21-30)41-24-42(37,38)39)29-33-27-26(28(36)34-29)31-23-32-27/h23,25H,2-22,24H2,1H3,(H2,37,38,39)(H2,31,32,33,34,36)/t25-/m1/s1. The molecule has 2 rings (SSSR count). The van der Waals surface area contributed by atoms with Crippen molar-refractivity contribution < 1.29 is 28.2 Å². The Kier molecular flexibility index (Phi) is 18.8. The third-order valence-electron chi connectivity index (χ3n) is 7.31. The van der Waals surface area contributed by atoms with Crippen LogP contribution in [0.1, 0.15) is 110 Å². The van der Waals surface area contributed by atoms with Gasteiger partial charge in [0.05, 0.1) is 12.9 Å². The van der Waals surface area contributed by atoms with Crippen molar-refractivity contribution in [3.63, 3.8) is 0 Å². The van der Waals surface area contributed by atoms with Gasteiger partial charge in [0.25, 0.3) is 5.56 Å². The van der Waals surface area contributed by atoms with E-state index >= 15 is 0 Å². The van der Waals surface area contributed by atoms with Crippen molar-refractivity contribution in [1.82, 2.24) is 19.9 Å². The van der Waals surface area contributed by atoms with Gasteiger partial charge in [-0.05, 0) is 6.42 Å². The summed E-state index contributed by atoms with van der Waals surface area (Å²) in [7, 11) is -4.46. The van der Waals surface area contributed by atoms with Crippen LogP contribution in [0.25, 0.3) is 11.2 Å². The van der Waals surface area contributed by atoms with Crippen LogP contribution < -0.4 is 10.5 Å². The fourth-order valence-corrected chi connectivity index (χ4v) is 5.29. The molecule has 4 N–H and O–H groups in total. The minimum absolute atomic E-state index is 0.0855. The molecule has 0 bridgehead atoms. The number of alkyl halides is 1. The number of unbranched alkanes of at least 4 members (excludes halogenated alkanes) is 15. The third-order valence-corrected chi connectivity index (χ3v) is 7.79. The molecule has 13 heteroatoms. The number of rotatable bonds is 27. The lowest BCUT2D eigenvalue weighted by Crippen LogP contribution is -2.39. The Morgan fingerprint density at radius 1 is 0.929 bits per heavy atom. The maximum atomic E-state index is 13.6. The quantitative estimate of drug-likeness (QED) is 0.0676. The Hall–Kier alpha value is -1.85. The van der Waals surface area contributed by atoms with Gasteiger partial charge in [-0.1, -0.05) is 103 Å². The van der Waals surface area contributed by atoms with Gasteiger partial charge in [-0.25, -0.2) is 9.37 Å². The van der Waals surface area contributed by atoms with Crippen molar-refractivity contribution >= 4 is 24.7 Å². The lowest BCUT2D eigenvalue weighted by molar-refractivity contribution is 0.0585. The van der Waals surface area contributed by atoms with Crippen molar-refractivity contribution in [3.05, 3.63) is 16.7 Å². The van der Waals surface area contributed by atoms with Crippen molar-refractivity contribution in [3.8, 4) is 0 Å². The molecule has 0 aliphatic rings. The normalized spacial score (nSPS) is 12.8. The molecule has 0 saturated heterocycles. The first-order valence-corrected chi connectivity index (χ1v) is 17.6. The van der Waals surface area contributed by atoms with Crippen LogP contribution in [0, 0.1) is 0 Å². The van der Waals surface area contributed by atoms with Gasteiger partial charge < -0.3 is 29.1 Å². The van der Waals surface area contributed by atoms with Crippen molar-refractivity contribution in [2.45, 2.75) is 116 Å². The summed E-state index contributed by atoms with van der Waals surface area (Å²) in [5, 5.41) is 0. The van der Waals surface area contributed by atoms with Crippen LogP contribution in [0.2, 0.25) is 0 Å². The van der Waals surface area contributed by atoms with Crippen molar-refractivity contribution in [1.29, 1.82) is 0 Å². The first kappa shape index (κ1) is 36.3. The van der Waals surface area contributed by atoms with Crippen LogP contribution in [0.15, 0.2) is 11.1 Å². The van der Waals surface area contributed by atoms with E-state index in [2.05, 4.69) is 26.9 Å². The van der Waals surface area contributed by atoms with Crippen LogP contribution in [-0.4, -0.2) is 75.2 Å². The highest BCUT2D eigenvalue weighted by Gasteiger charge is 2.22. The van der Waals surface area contributed by atoms with Gasteiger partial charge in [-0.3, -0.25) is 14.3 Å². The number of halogens is 1. The molecule has 0 unspecified atom stereocenters. The van der Waals surface area contributed by atoms with Gasteiger partial charge in [0.15, 0.2) is 11.2 Å².